The number of halogens is 3. The van der Waals surface area contributed by atoms with Gasteiger partial charge in [-0.3, -0.25) is 10.1 Å². The van der Waals surface area contributed by atoms with Crippen LogP contribution < -0.4 is 4.74 Å². The van der Waals surface area contributed by atoms with Gasteiger partial charge in [0.15, 0.2) is 5.82 Å². The Labute approximate surface area is 110 Å². The van der Waals surface area contributed by atoms with Crippen molar-refractivity contribution in [2.45, 2.75) is 0 Å². The zero-order chi connectivity index (χ0) is 14.0. The van der Waals surface area contributed by atoms with Crippen LogP contribution in [0.2, 0.25) is 5.02 Å². The van der Waals surface area contributed by atoms with Gasteiger partial charge in [0.05, 0.1) is 9.95 Å². The Hall–Kier alpha value is -2.28. The number of ether oxygens (including phenoxy) is 1. The van der Waals surface area contributed by atoms with E-state index in [-0.39, 0.29) is 5.02 Å². The molecule has 98 valence electrons. The summed E-state index contributed by atoms with van der Waals surface area (Å²) in [7, 11) is 0. The predicted octanol–water partition coefficient (Wildman–Crippen LogP) is 3.71. The minimum Gasteiger partial charge on any atom is -0.429 e. The molecule has 19 heavy (non-hydrogen) atoms. The molecule has 0 radical (unpaired) electrons. The number of pyridine rings is 1. The number of nitrogens with zero attached hydrogens (tertiary/aromatic N) is 2. The van der Waals surface area contributed by atoms with Crippen LogP contribution in [-0.2, 0) is 0 Å². The van der Waals surface area contributed by atoms with E-state index in [0.29, 0.717) is 0 Å². The van der Waals surface area contributed by atoms with Crippen LogP contribution in [-0.4, -0.2) is 9.91 Å². The molecule has 0 bridgehead atoms. The summed E-state index contributed by atoms with van der Waals surface area (Å²) in [5.41, 5.74) is -0.502. The van der Waals surface area contributed by atoms with Crippen LogP contribution in [0.4, 0.5) is 14.5 Å². The van der Waals surface area contributed by atoms with Gasteiger partial charge in [0.25, 0.3) is 5.88 Å². The number of aromatic nitrogens is 1. The summed E-state index contributed by atoms with van der Waals surface area (Å²) in [5, 5.41) is 10.8. The Balaban J connectivity index is 2.42. The van der Waals surface area contributed by atoms with Crippen molar-refractivity contribution in [2.24, 2.45) is 0 Å². The van der Waals surface area contributed by atoms with Gasteiger partial charge in [-0.25, -0.2) is 13.8 Å². The zero-order valence-electron chi connectivity index (χ0n) is 9.14. The first-order valence-corrected chi connectivity index (χ1v) is 5.28. The van der Waals surface area contributed by atoms with Crippen molar-refractivity contribution in [1.82, 2.24) is 4.98 Å². The SMILES string of the molecule is O=[N+]([O-])c1ccc(F)cc1Oc1ncc(Cl)cc1F. The first-order valence-electron chi connectivity index (χ1n) is 4.90. The second kappa shape index (κ2) is 5.15. The molecule has 0 amide bonds. The van der Waals surface area contributed by atoms with E-state index in [2.05, 4.69) is 4.98 Å². The third-order valence-corrected chi connectivity index (χ3v) is 2.31. The van der Waals surface area contributed by atoms with Crippen molar-refractivity contribution in [2.75, 3.05) is 0 Å². The molecule has 1 aromatic heterocycles. The van der Waals surface area contributed by atoms with E-state index in [9.17, 15) is 18.9 Å². The van der Waals surface area contributed by atoms with Crippen molar-refractivity contribution in [3.05, 3.63) is 57.2 Å². The van der Waals surface area contributed by atoms with E-state index in [1.165, 1.54) is 0 Å². The Morgan fingerprint density at radius 3 is 2.68 bits per heavy atom. The lowest BCUT2D eigenvalue weighted by molar-refractivity contribution is -0.385. The molecule has 0 atom stereocenters. The van der Waals surface area contributed by atoms with Crippen molar-refractivity contribution in [3.8, 4) is 11.6 Å². The van der Waals surface area contributed by atoms with Crippen molar-refractivity contribution in [1.29, 1.82) is 0 Å². The average molecular weight is 287 g/mol. The van der Waals surface area contributed by atoms with Gasteiger partial charge in [0.2, 0.25) is 5.75 Å². The summed E-state index contributed by atoms with van der Waals surface area (Å²) in [6.07, 6.45) is 1.10. The number of rotatable bonds is 3. The van der Waals surface area contributed by atoms with Crippen LogP contribution in [0.3, 0.4) is 0 Å². The molecule has 0 N–H and O–H groups in total. The van der Waals surface area contributed by atoms with Gasteiger partial charge in [-0.1, -0.05) is 11.6 Å². The van der Waals surface area contributed by atoms with Crippen LogP contribution in [0.5, 0.6) is 11.6 Å². The summed E-state index contributed by atoms with van der Waals surface area (Å²) in [6, 6.07) is 3.51. The van der Waals surface area contributed by atoms with Crippen molar-refractivity contribution in [3.63, 3.8) is 0 Å². The monoisotopic (exact) mass is 286 g/mol. The molecule has 2 aromatic rings. The van der Waals surface area contributed by atoms with Gasteiger partial charge < -0.3 is 4.74 Å². The maximum absolute atomic E-state index is 13.4. The molecule has 5 nitrogen and oxygen atoms in total. The highest BCUT2D eigenvalue weighted by atomic mass is 35.5. The quantitative estimate of drug-likeness (QED) is 0.637. The molecule has 0 saturated carbocycles. The molecule has 0 fully saturated rings. The van der Waals surface area contributed by atoms with Gasteiger partial charge in [0, 0.05) is 18.3 Å². The van der Waals surface area contributed by atoms with E-state index in [4.69, 9.17) is 16.3 Å². The maximum atomic E-state index is 13.4. The molecular formula is C11H5ClF2N2O3. The normalized spacial score (nSPS) is 10.3. The Kier molecular flexibility index (Phi) is 3.57. The fraction of sp³-hybridized carbons (Fsp3) is 0. The summed E-state index contributed by atoms with van der Waals surface area (Å²) in [5.74, 6) is -2.64. The molecule has 0 unspecified atom stereocenters. The van der Waals surface area contributed by atoms with E-state index in [0.717, 1.165) is 30.5 Å². The first-order chi connectivity index (χ1) is 8.97. The molecular weight excluding hydrogens is 282 g/mol. The maximum Gasteiger partial charge on any atom is 0.311 e. The van der Waals surface area contributed by atoms with Crippen molar-refractivity contribution >= 4 is 17.3 Å². The molecule has 0 spiro atoms. The summed E-state index contributed by atoms with van der Waals surface area (Å²) in [6.45, 7) is 0. The molecule has 8 heteroatoms. The number of benzene rings is 1. The number of nitro groups is 1. The highest BCUT2D eigenvalue weighted by Gasteiger charge is 2.18. The van der Waals surface area contributed by atoms with E-state index < -0.39 is 33.9 Å². The number of nitro benzene ring substituents is 1. The Bertz CT molecular complexity index is 652. The van der Waals surface area contributed by atoms with Gasteiger partial charge in [-0.15, -0.1) is 0 Å². The zero-order valence-corrected chi connectivity index (χ0v) is 9.90. The molecule has 2 rings (SSSR count). The van der Waals surface area contributed by atoms with Gasteiger partial charge >= 0.3 is 5.69 Å². The molecule has 0 aliphatic rings. The van der Waals surface area contributed by atoms with Crippen LogP contribution >= 0.6 is 11.6 Å². The fourth-order valence-electron chi connectivity index (χ4n) is 1.30. The van der Waals surface area contributed by atoms with E-state index >= 15 is 0 Å². The largest absolute Gasteiger partial charge is 0.429 e. The Morgan fingerprint density at radius 1 is 1.32 bits per heavy atom. The van der Waals surface area contributed by atoms with Gasteiger partial charge in [-0.2, -0.15) is 0 Å². The minimum atomic E-state index is -0.911. The van der Waals surface area contributed by atoms with Crippen LogP contribution in [0.15, 0.2) is 30.5 Å². The highest BCUT2D eigenvalue weighted by Crippen LogP contribution is 2.32. The molecule has 1 aromatic carbocycles. The molecule has 1 heterocycles. The first kappa shape index (κ1) is 13.2. The van der Waals surface area contributed by atoms with Gasteiger partial charge in [0.1, 0.15) is 5.82 Å². The molecule has 0 aliphatic heterocycles. The van der Waals surface area contributed by atoms with Gasteiger partial charge in [-0.05, 0) is 12.1 Å². The summed E-state index contributed by atoms with van der Waals surface area (Å²) >= 11 is 5.50. The predicted molar refractivity (Wildman–Crippen MR) is 62.3 cm³/mol. The topological polar surface area (TPSA) is 65.3 Å². The van der Waals surface area contributed by atoms with E-state index in [1.54, 1.807) is 0 Å². The highest BCUT2D eigenvalue weighted by molar-refractivity contribution is 6.30. The average Bonchev–Trinajstić information content (AvgIpc) is 2.32. The second-order valence-electron chi connectivity index (χ2n) is 3.41. The lowest BCUT2D eigenvalue weighted by Crippen LogP contribution is -1.97. The van der Waals surface area contributed by atoms with E-state index in [1.807, 2.05) is 0 Å². The number of hydrogen-bond donors (Lipinski definition) is 0. The summed E-state index contributed by atoms with van der Waals surface area (Å²) < 4.78 is 31.4. The number of hydrogen-bond acceptors (Lipinski definition) is 4. The lowest BCUT2D eigenvalue weighted by atomic mass is 10.3. The van der Waals surface area contributed by atoms with Crippen molar-refractivity contribution < 1.29 is 18.4 Å². The molecule has 0 aliphatic carbocycles. The lowest BCUT2D eigenvalue weighted by Gasteiger charge is -2.06. The van der Waals surface area contributed by atoms with Crippen LogP contribution in [0.25, 0.3) is 0 Å². The van der Waals surface area contributed by atoms with Crippen LogP contribution in [0, 0.1) is 21.7 Å². The third kappa shape index (κ3) is 2.94. The second-order valence-corrected chi connectivity index (χ2v) is 3.85. The third-order valence-electron chi connectivity index (χ3n) is 2.10. The minimum absolute atomic E-state index is 0.0404. The Morgan fingerprint density at radius 2 is 2.05 bits per heavy atom. The molecule has 0 saturated heterocycles. The van der Waals surface area contributed by atoms with Crippen LogP contribution in [0.1, 0.15) is 0 Å². The smallest absolute Gasteiger partial charge is 0.311 e. The standard InChI is InChI=1S/C11H5ClF2N2O3/c12-6-3-8(14)11(15-5-6)19-10-4-7(13)1-2-9(10)16(17)18/h1-5H. The summed E-state index contributed by atoms with van der Waals surface area (Å²) in [4.78, 5) is 13.5. The fourth-order valence-corrected chi connectivity index (χ4v) is 1.45.